The van der Waals surface area contributed by atoms with Crippen LogP contribution in [0.3, 0.4) is 0 Å². The molecule has 0 fully saturated rings. The molecule has 2 rings (SSSR count). The average Bonchev–Trinajstić information content (AvgIpc) is 2.25. The first kappa shape index (κ1) is 11.5. The van der Waals surface area contributed by atoms with Gasteiger partial charge in [-0.15, -0.1) is 0 Å². The van der Waals surface area contributed by atoms with Gasteiger partial charge in [0.15, 0.2) is 0 Å². The number of pyridine rings is 1. The van der Waals surface area contributed by atoms with Gasteiger partial charge in [0.25, 0.3) is 0 Å². The van der Waals surface area contributed by atoms with Crippen LogP contribution in [0.2, 0.25) is 0 Å². The van der Waals surface area contributed by atoms with E-state index in [1.54, 1.807) is 6.20 Å². The van der Waals surface area contributed by atoms with E-state index in [1.165, 1.54) is 11.1 Å². The van der Waals surface area contributed by atoms with Crippen molar-refractivity contribution in [1.29, 1.82) is 0 Å². The summed E-state index contributed by atoms with van der Waals surface area (Å²) in [7, 11) is 0. The van der Waals surface area contributed by atoms with Crippen LogP contribution in [-0.2, 0) is 0 Å². The Hall–Kier alpha value is -2.03. The lowest BCUT2D eigenvalue weighted by molar-refractivity contribution is 1.25. The number of benzene rings is 1. The number of nitrogens with one attached hydrogen (secondary N) is 1. The summed E-state index contributed by atoms with van der Waals surface area (Å²) in [5, 5.41) is 3.33. The van der Waals surface area contributed by atoms with E-state index < -0.39 is 0 Å². The van der Waals surface area contributed by atoms with Gasteiger partial charge in [0.2, 0.25) is 0 Å². The Bertz CT molecular complexity index is 498. The zero-order valence-electron chi connectivity index (χ0n) is 10.4. The van der Waals surface area contributed by atoms with Crippen LogP contribution in [0.25, 0.3) is 0 Å². The van der Waals surface area contributed by atoms with E-state index in [-0.39, 0.29) is 0 Å². The lowest BCUT2D eigenvalue weighted by Crippen LogP contribution is -1.99. The molecule has 3 nitrogen and oxygen atoms in total. The normalized spacial score (nSPS) is 10.3. The monoisotopic (exact) mass is 227 g/mol. The Morgan fingerprint density at radius 3 is 2.47 bits per heavy atom. The fourth-order valence-corrected chi connectivity index (χ4v) is 1.81. The molecule has 0 spiro atoms. The lowest BCUT2D eigenvalue weighted by atomic mass is 10.1. The van der Waals surface area contributed by atoms with Crippen LogP contribution in [0.15, 0.2) is 30.5 Å². The molecule has 88 valence electrons. The molecule has 0 bridgehead atoms. The van der Waals surface area contributed by atoms with Gasteiger partial charge in [-0.2, -0.15) is 0 Å². The van der Waals surface area contributed by atoms with Crippen molar-refractivity contribution in [3.05, 3.63) is 47.2 Å². The maximum absolute atomic E-state index is 5.68. The van der Waals surface area contributed by atoms with Gasteiger partial charge in [0.1, 0.15) is 5.82 Å². The van der Waals surface area contributed by atoms with Crippen LogP contribution in [0.4, 0.5) is 17.2 Å². The second kappa shape index (κ2) is 4.45. The molecule has 0 saturated heterocycles. The molecule has 3 N–H and O–H groups in total. The van der Waals surface area contributed by atoms with E-state index in [9.17, 15) is 0 Å². The topological polar surface area (TPSA) is 50.9 Å². The summed E-state index contributed by atoms with van der Waals surface area (Å²) in [6.45, 7) is 6.17. The van der Waals surface area contributed by atoms with E-state index in [0.29, 0.717) is 5.69 Å². The van der Waals surface area contributed by atoms with Crippen LogP contribution in [0.1, 0.15) is 16.7 Å². The highest BCUT2D eigenvalue weighted by Gasteiger charge is 2.03. The summed E-state index contributed by atoms with van der Waals surface area (Å²) in [5.41, 5.74) is 11.0. The number of anilines is 3. The van der Waals surface area contributed by atoms with Gasteiger partial charge in [-0.3, -0.25) is 0 Å². The molecule has 0 radical (unpaired) electrons. The van der Waals surface area contributed by atoms with Gasteiger partial charge in [-0.25, -0.2) is 4.98 Å². The summed E-state index contributed by atoms with van der Waals surface area (Å²) < 4.78 is 0. The van der Waals surface area contributed by atoms with Crippen molar-refractivity contribution in [3.8, 4) is 0 Å². The van der Waals surface area contributed by atoms with Gasteiger partial charge in [-0.05, 0) is 44.0 Å². The van der Waals surface area contributed by atoms with Crippen molar-refractivity contribution in [2.45, 2.75) is 20.8 Å². The van der Waals surface area contributed by atoms with Crippen molar-refractivity contribution >= 4 is 17.2 Å². The average molecular weight is 227 g/mol. The minimum Gasteiger partial charge on any atom is -0.397 e. The van der Waals surface area contributed by atoms with Gasteiger partial charge in [0, 0.05) is 5.69 Å². The largest absolute Gasteiger partial charge is 0.397 e. The Morgan fingerprint density at radius 2 is 1.82 bits per heavy atom. The Kier molecular flexibility index (Phi) is 3.00. The standard InChI is InChI=1S/C14H17N3/c1-9-4-5-13(10(2)6-9)17-14-11(3)7-12(15)8-16-14/h4-8H,15H2,1-3H3,(H,16,17). The van der Waals surface area contributed by atoms with Gasteiger partial charge < -0.3 is 11.1 Å². The highest BCUT2D eigenvalue weighted by molar-refractivity contribution is 5.64. The number of hydrogen-bond donors (Lipinski definition) is 2. The molecule has 1 heterocycles. The number of nitrogens with two attached hydrogens (primary N) is 1. The molecule has 3 heteroatoms. The van der Waals surface area contributed by atoms with E-state index in [4.69, 9.17) is 5.73 Å². The van der Waals surface area contributed by atoms with E-state index in [0.717, 1.165) is 17.1 Å². The van der Waals surface area contributed by atoms with Crippen molar-refractivity contribution in [2.24, 2.45) is 0 Å². The second-order valence-electron chi connectivity index (χ2n) is 4.38. The second-order valence-corrected chi connectivity index (χ2v) is 4.38. The smallest absolute Gasteiger partial charge is 0.133 e. The molecule has 0 atom stereocenters. The third-order valence-corrected chi connectivity index (χ3v) is 2.73. The van der Waals surface area contributed by atoms with Crippen molar-refractivity contribution in [3.63, 3.8) is 0 Å². The molecule has 1 aromatic heterocycles. The summed E-state index contributed by atoms with van der Waals surface area (Å²) in [5.74, 6) is 0.853. The first-order valence-electron chi connectivity index (χ1n) is 5.62. The van der Waals surface area contributed by atoms with Crippen molar-refractivity contribution in [2.75, 3.05) is 11.1 Å². The predicted octanol–water partition coefficient (Wildman–Crippen LogP) is 3.33. The molecule has 0 amide bonds. The number of rotatable bonds is 2. The molecule has 2 aromatic rings. The van der Waals surface area contributed by atoms with Crippen LogP contribution in [0.5, 0.6) is 0 Å². The highest BCUT2D eigenvalue weighted by atomic mass is 15.0. The number of hydrogen-bond acceptors (Lipinski definition) is 3. The Balaban J connectivity index is 2.31. The fraction of sp³-hybridized carbons (Fsp3) is 0.214. The predicted molar refractivity (Wildman–Crippen MR) is 72.6 cm³/mol. The van der Waals surface area contributed by atoms with Crippen molar-refractivity contribution < 1.29 is 0 Å². The summed E-state index contributed by atoms with van der Waals surface area (Å²) >= 11 is 0. The molecule has 0 aliphatic heterocycles. The van der Waals surface area contributed by atoms with Crippen LogP contribution >= 0.6 is 0 Å². The van der Waals surface area contributed by atoms with E-state index >= 15 is 0 Å². The van der Waals surface area contributed by atoms with Gasteiger partial charge >= 0.3 is 0 Å². The van der Waals surface area contributed by atoms with Crippen molar-refractivity contribution in [1.82, 2.24) is 4.98 Å². The summed E-state index contributed by atoms with van der Waals surface area (Å²) in [6, 6.07) is 8.22. The Labute approximate surface area is 102 Å². The molecular formula is C14H17N3. The van der Waals surface area contributed by atoms with E-state index in [1.807, 2.05) is 13.0 Å². The first-order valence-corrected chi connectivity index (χ1v) is 5.62. The van der Waals surface area contributed by atoms with Crippen LogP contribution in [0, 0.1) is 20.8 Å². The molecule has 0 saturated carbocycles. The van der Waals surface area contributed by atoms with E-state index in [2.05, 4.69) is 42.3 Å². The third kappa shape index (κ3) is 2.56. The number of nitrogens with zero attached hydrogens (tertiary/aromatic N) is 1. The van der Waals surface area contributed by atoms with Gasteiger partial charge in [0.05, 0.1) is 11.9 Å². The summed E-state index contributed by atoms with van der Waals surface area (Å²) in [4.78, 5) is 4.30. The maximum Gasteiger partial charge on any atom is 0.133 e. The van der Waals surface area contributed by atoms with Gasteiger partial charge in [-0.1, -0.05) is 17.7 Å². The highest BCUT2D eigenvalue weighted by Crippen LogP contribution is 2.23. The molecular weight excluding hydrogens is 210 g/mol. The molecule has 0 aliphatic carbocycles. The zero-order chi connectivity index (χ0) is 12.4. The number of aromatic nitrogens is 1. The lowest BCUT2D eigenvalue weighted by Gasteiger charge is -2.11. The zero-order valence-corrected chi connectivity index (χ0v) is 10.4. The SMILES string of the molecule is Cc1ccc(Nc2ncc(N)cc2C)c(C)c1. The minimum atomic E-state index is 0.689. The quantitative estimate of drug-likeness (QED) is 0.827. The maximum atomic E-state index is 5.68. The molecule has 1 aromatic carbocycles. The fourth-order valence-electron chi connectivity index (χ4n) is 1.81. The molecule has 0 aliphatic rings. The molecule has 17 heavy (non-hydrogen) atoms. The van der Waals surface area contributed by atoms with Crippen LogP contribution in [-0.4, -0.2) is 4.98 Å². The third-order valence-electron chi connectivity index (χ3n) is 2.73. The number of aryl methyl sites for hydroxylation is 3. The summed E-state index contributed by atoms with van der Waals surface area (Å²) in [6.07, 6.45) is 1.67. The Morgan fingerprint density at radius 1 is 1.06 bits per heavy atom. The number of nitrogen functional groups attached to an aromatic ring is 1. The minimum absolute atomic E-state index is 0.689. The van der Waals surface area contributed by atoms with Crippen LogP contribution < -0.4 is 11.1 Å². The molecule has 0 unspecified atom stereocenters. The first-order chi connectivity index (χ1) is 8.06.